The van der Waals surface area contributed by atoms with Crippen molar-refractivity contribution in [2.24, 2.45) is 0 Å². The first-order chi connectivity index (χ1) is 14.5. The maximum Gasteiger partial charge on any atom is 0.161 e. The molecule has 2 heterocycles. The Kier molecular flexibility index (Phi) is 5.62. The minimum Gasteiger partial charge on any atom is -0.493 e. The Balaban J connectivity index is 1.83. The maximum absolute atomic E-state index is 11.3. The lowest BCUT2D eigenvalue weighted by molar-refractivity contribution is -0.0429. The third-order valence-electron chi connectivity index (χ3n) is 6.21. The van der Waals surface area contributed by atoms with Crippen LogP contribution in [0.15, 0.2) is 42.5 Å². The zero-order valence-electron chi connectivity index (χ0n) is 18.0. The minimum atomic E-state index is -0.907. The van der Waals surface area contributed by atoms with Crippen LogP contribution in [0.5, 0.6) is 23.0 Å². The van der Waals surface area contributed by atoms with E-state index in [0.717, 1.165) is 42.6 Å². The molecule has 2 aliphatic rings. The number of rotatable bonds is 6. The standard InChI is InChI=1S/C24H29NO5/c1-27-20-8-6-16(12-22(20)29-3)18-14-24(26)10-5-11-25(24)15-19(18)17-7-9-21(28-2)23(13-17)30-4/h6-9,12-14,19,26H,5,10-11,15H2,1-4H3/t19-,24-/m1/s1. The highest BCUT2D eigenvalue weighted by atomic mass is 16.5. The van der Waals surface area contributed by atoms with E-state index >= 15 is 0 Å². The first-order valence-electron chi connectivity index (χ1n) is 10.2. The van der Waals surface area contributed by atoms with E-state index in [-0.39, 0.29) is 5.92 Å². The molecule has 0 aromatic heterocycles. The summed E-state index contributed by atoms with van der Waals surface area (Å²) in [5, 5.41) is 11.3. The van der Waals surface area contributed by atoms with Gasteiger partial charge in [-0.25, -0.2) is 0 Å². The second kappa shape index (κ2) is 8.20. The SMILES string of the molecule is COc1ccc(C2=C[C@]3(O)CCCN3C[C@@H]2c2ccc(OC)c(OC)c2)cc1OC. The quantitative estimate of drug-likeness (QED) is 0.782. The van der Waals surface area contributed by atoms with Crippen LogP contribution in [0.4, 0.5) is 0 Å². The highest BCUT2D eigenvalue weighted by Gasteiger charge is 2.43. The molecule has 160 valence electrons. The van der Waals surface area contributed by atoms with Gasteiger partial charge >= 0.3 is 0 Å². The molecule has 2 atom stereocenters. The highest BCUT2D eigenvalue weighted by Crippen LogP contribution is 2.46. The molecule has 0 bridgehead atoms. The lowest BCUT2D eigenvalue weighted by atomic mass is 9.81. The monoisotopic (exact) mass is 411 g/mol. The van der Waals surface area contributed by atoms with Crippen LogP contribution in [-0.2, 0) is 0 Å². The highest BCUT2D eigenvalue weighted by molar-refractivity contribution is 5.76. The van der Waals surface area contributed by atoms with Gasteiger partial charge in [0.2, 0.25) is 0 Å². The molecule has 0 amide bonds. The Morgan fingerprint density at radius 1 is 0.867 bits per heavy atom. The van der Waals surface area contributed by atoms with Gasteiger partial charge in [-0.15, -0.1) is 0 Å². The summed E-state index contributed by atoms with van der Waals surface area (Å²) < 4.78 is 21.9. The number of methoxy groups -OCH3 is 4. The molecule has 6 heteroatoms. The molecule has 4 rings (SSSR count). The lowest BCUT2D eigenvalue weighted by Crippen LogP contribution is -2.47. The lowest BCUT2D eigenvalue weighted by Gasteiger charge is -2.41. The van der Waals surface area contributed by atoms with E-state index in [9.17, 15) is 5.11 Å². The summed E-state index contributed by atoms with van der Waals surface area (Å²) in [7, 11) is 6.54. The molecule has 0 aliphatic carbocycles. The smallest absolute Gasteiger partial charge is 0.161 e. The number of hydrogen-bond donors (Lipinski definition) is 1. The Morgan fingerprint density at radius 3 is 2.17 bits per heavy atom. The van der Waals surface area contributed by atoms with E-state index in [1.165, 1.54) is 0 Å². The zero-order valence-corrected chi connectivity index (χ0v) is 18.0. The van der Waals surface area contributed by atoms with Crippen LogP contribution >= 0.6 is 0 Å². The molecule has 0 saturated carbocycles. The zero-order chi connectivity index (χ0) is 21.3. The average molecular weight is 411 g/mol. The fourth-order valence-corrected chi connectivity index (χ4v) is 4.62. The van der Waals surface area contributed by atoms with Crippen molar-refractivity contribution >= 4 is 5.57 Å². The van der Waals surface area contributed by atoms with E-state index in [4.69, 9.17) is 18.9 Å². The van der Waals surface area contributed by atoms with Crippen LogP contribution in [-0.4, -0.2) is 57.3 Å². The largest absolute Gasteiger partial charge is 0.493 e. The predicted molar refractivity (Wildman–Crippen MR) is 116 cm³/mol. The van der Waals surface area contributed by atoms with Crippen molar-refractivity contribution in [3.63, 3.8) is 0 Å². The molecular weight excluding hydrogens is 382 g/mol. The van der Waals surface area contributed by atoms with Gasteiger partial charge in [0.1, 0.15) is 5.72 Å². The van der Waals surface area contributed by atoms with Crippen LogP contribution in [0.25, 0.3) is 5.57 Å². The Bertz CT molecular complexity index is 957. The molecule has 0 unspecified atom stereocenters. The maximum atomic E-state index is 11.3. The van der Waals surface area contributed by atoms with Gasteiger partial charge in [-0.3, -0.25) is 4.90 Å². The van der Waals surface area contributed by atoms with Crippen molar-refractivity contribution in [3.05, 3.63) is 53.6 Å². The fourth-order valence-electron chi connectivity index (χ4n) is 4.62. The number of benzene rings is 2. The Labute approximate surface area is 177 Å². The van der Waals surface area contributed by atoms with Gasteiger partial charge in [-0.2, -0.15) is 0 Å². The number of fused-ring (bicyclic) bond motifs is 1. The summed E-state index contributed by atoms with van der Waals surface area (Å²) in [6.45, 7) is 1.61. The molecule has 1 fully saturated rings. The minimum absolute atomic E-state index is 0.0706. The number of hydrogen-bond acceptors (Lipinski definition) is 6. The van der Waals surface area contributed by atoms with E-state index in [0.29, 0.717) is 23.0 Å². The second-order valence-corrected chi connectivity index (χ2v) is 7.76. The molecule has 1 saturated heterocycles. The molecule has 0 spiro atoms. The summed E-state index contributed by atoms with van der Waals surface area (Å²) in [6.07, 6.45) is 3.74. The van der Waals surface area contributed by atoms with Gasteiger partial charge in [0, 0.05) is 19.0 Å². The number of ether oxygens (including phenoxy) is 4. The van der Waals surface area contributed by atoms with Crippen molar-refractivity contribution < 1.29 is 24.1 Å². The summed E-state index contributed by atoms with van der Waals surface area (Å²) in [5.41, 5.74) is 2.29. The van der Waals surface area contributed by atoms with Crippen molar-refractivity contribution in [2.75, 3.05) is 41.5 Å². The summed E-state index contributed by atoms with van der Waals surface area (Å²) in [5.74, 6) is 2.82. The first kappa shape index (κ1) is 20.6. The normalized spacial score (nSPS) is 23.5. The van der Waals surface area contributed by atoms with Crippen LogP contribution in [0.1, 0.15) is 29.9 Å². The van der Waals surface area contributed by atoms with Gasteiger partial charge in [0.25, 0.3) is 0 Å². The van der Waals surface area contributed by atoms with Crippen molar-refractivity contribution in [3.8, 4) is 23.0 Å². The molecule has 30 heavy (non-hydrogen) atoms. The second-order valence-electron chi connectivity index (χ2n) is 7.76. The molecule has 2 aromatic carbocycles. The molecular formula is C24H29NO5. The molecule has 6 nitrogen and oxygen atoms in total. The summed E-state index contributed by atoms with van der Waals surface area (Å²) >= 11 is 0. The molecule has 2 aromatic rings. The van der Waals surface area contributed by atoms with Crippen molar-refractivity contribution in [1.29, 1.82) is 0 Å². The molecule has 1 N–H and O–H groups in total. The fraction of sp³-hybridized carbons (Fsp3) is 0.417. The van der Waals surface area contributed by atoms with Gasteiger partial charge in [0.05, 0.1) is 28.4 Å². The van der Waals surface area contributed by atoms with Crippen LogP contribution < -0.4 is 18.9 Å². The van der Waals surface area contributed by atoms with E-state index < -0.39 is 5.72 Å². The topological polar surface area (TPSA) is 60.4 Å². The number of aliphatic hydroxyl groups is 1. The number of nitrogens with zero attached hydrogens (tertiary/aromatic N) is 1. The van der Waals surface area contributed by atoms with E-state index in [2.05, 4.69) is 11.0 Å². The third kappa shape index (κ3) is 3.50. The average Bonchev–Trinajstić information content (AvgIpc) is 3.17. The summed E-state index contributed by atoms with van der Waals surface area (Å²) in [6, 6.07) is 11.9. The van der Waals surface area contributed by atoms with Crippen molar-refractivity contribution in [2.45, 2.75) is 24.5 Å². The third-order valence-corrected chi connectivity index (χ3v) is 6.21. The van der Waals surface area contributed by atoms with Crippen LogP contribution in [0.2, 0.25) is 0 Å². The van der Waals surface area contributed by atoms with Gasteiger partial charge < -0.3 is 24.1 Å². The molecule has 2 aliphatic heterocycles. The first-order valence-corrected chi connectivity index (χ1v) is 10.2. The van der Waals surface area contributed by atoms with Gasteiger partial charge in [0.15, 0.2) is 23.0 Å². The van der Waals surface area contributed by atoms with Crippen LogP contribution in [0.3, 0.4) is 0 Å². The van der Waals surface area contributed by atoms with Gasteiger partial charge in [-0.05, 0) is 59.9 Å². The summed E-state index contributed by atoms with van der Waals surface area (Å²) in [4.78, 5) is 2.17. The predicted octanol–water partition coefficient (Wildman–Crippen LogP) is 3.69. The van der Waals surface area contributed by atoms with Gasteiger partial charge in [-0.1, -0.05) is 12.1 Å². The van der Waals surface area contributed by atoms with Crippen LogP contribution in [0, 0.1) is 0 Å². The van der Waals surface area contributed by atoms with E-state index in [1.807, 2.05) is 36.4 Å². The Hall–Kier alpha value is -2.70. The molecule has 0 radical (unpaired) electrons. The van der Waals surface area contributed by atoms with Crippen molar-refractivity contribution in [1.82, 2.24) is 4.90 Å². The Morgan fingerprint density at radius 2 is 1.50 bits per heavy atom. The van der Waals surface area contributed by atoms with E-state index in [1.54, 1.807) is 28.4 Å².